The number of aliphatic hydroxyl groups is 1. The number of benzene rings is 1. The van der Waals surface area contributed by atoms with Gasteiger partial charge in [-0.2, -0.15) is 0 Å². The van der Waals surface area contributed by atoms with Gasteiger partial charge >= 0.3 is 0 Å². The molecule has 4 heteroatoms. The molecule has 15 heavy (non-hydrogen) atoms. The zero-order valence-electron chi connectivity index (χ0n) is 7.65. The van der Waals surface area contributed by atoms with Gasteiger partial charge in [0.25, 0.3) is 0 Å². The van der Waals surface area contributed by atoms with E-state index in [0.717, 1.165) is 14.9 Å². The van der Waals surface area contributed by atoms with Crippen LogP contribution in [0.3, 0.4) is 0 Å². The quantitative estimate of drug-likeness (QED) is 0.879. The van der Waals surface area contributed by atoms with Gasteiger partial charge in [0, 0.05) is 15.1 Å². The molecule has 0 fully saturated rings. The highest BCUT2D eigenvalue weighted by atomic mass is 79.9. The number of hydrogen-bond acceptors (Lipinski definition) is 2. The second kappa shape index (κ2) is 4.66. The minimum atomic E-state index is -0.659. The summed E-state index contributed by atoms with van der Waals surface area (Å²) in [5, 5.41) is 12.7. The van der Waals surface area contributed by atoms with Gasteiger partial charge in [0.1, 0.15) is 6.10 Å². The molecule has 1 N–H and O–H groups in total. The van der Waals surface area contributed by atoms with Crippen molar-refractivity contribution >= 4 is 38.9 Å². The molecule has 0 aliphatic heterocycles. The van der Waals surface area contributed by atoms with Gasteiger partial charge in [-0.05, 0) is 33.4 Å². The summed E-state index contributed by atoms with van der Waals surface area (Å²) in [4.78, 5) is 0.878. The molecule has 1 atom stereocenters. The third-order valence-electron chi connectivity index (χ3n) is 2.09. The van der Waals surface area contributed by atoms with Gasteiger partial charge < -0.3 is 5.11 Å². The van der Waals surface area contributed by atoms with E-state index >= 15 is 0 Å². The van der Waals surface area contributed by atoms with E-state index in [9.17, 15) is 5.11 Å². The fourth-order valence-electron chi connectivity index (χ4n) is 1.34. The number of hydrogen-bond donors (Lipinski definition) is 1. The van der Waals surface area contributed by atoms with Crippen molar-refractivity contribution in [3.63, 3.8) is 0 Å². The van der Waals surface area contributed by atoms with Crippen LogP contribution in [0.5, 0.6) is 0 Å². The summed E-state index contributed by atoms with van der Waals surface area (Å²) in [6.07, 6.45) is -0.659. The first-order valence-corrected chi connectivity index (χ1v) is 6.40. The highest BCUT2D eigenvalue weighted by molar-refractivity contribution is 9.10. The van der Waals surface area contributed by atoms with E-state index < -0.39 is 6.10 Å². The first kappa shape index (κ1) is 11.1. The molecule has 1 nitrogen and oxygen atoms in total. The first-order chi connectivity index (χ1) is 7.20. The monoisotopic (exact) mass is 302 g/mol. The standard InChI is InChI=1S/C11H8BrClOS/c12-8-5-6-15-11(8)10(14)7-3-1-2-4-9(7)13/h1-6,10,14H. The SMILES string of the molecule is OC(c1ccccc1Cl)c1sccc1Br. The van der Waals surface area contributed by atoms with Crippen LogP contribution in [0.15, 0.2) is 40.2 Å². The van der Waals surface area contributed by atoms with Gasteiger partial charge in [0.2, 0.25) is 0 Å². The van der Waals surface area contributed by atoms with E-state index in [1.54, 1.807) is 6.07 Å². The Kier molecular flexibility index (Phi) is 3.46. The maximum Gasteiger partial charge on any atom is 0.116 e. The van der Waals surface area contributed by atoms with Crippen molar-refractivity contribution in [1.29, 1.82) is 0 Å². The van der Waals surface area contributed by atoms with Crippen LogP contribution in [-0.4, -0.2) is 5.11 Å². The molecule has 1 aromatic heterocycles. The van der Waals surface area contributed by atoms with Crippen molar-refractivity contribution in [2.75, 3.05) is 0 Å². The summed E-state index contributed by atoms with van der Waals surface area (Å²) in [5.74, 6) is 0. The summed E-state index contributed by atoms with van der Waals surface area (Å²) in [6.45, 7) is 0. The second-order valence-corrected chi connectivity index (χ2v) is 5.27. The van der Waals surface area contributed by atoms with Crippen LogP contribution in [0.4, 0.5) is 0 Å². The maximum absolute atomic E-state index is 10.1. The largest absolute Gasteiger partial charge is 0.383 e. The summed E-state index contributed by atoms with van der Waals surface area (Å²) >= 11 is 10.9. The molecule has 2 aromatic rings. The molecule has 0 spiro atoms. The van der Waals surface area contributed by atoms with Crippen LogP contribution >= 0.6 is 38.9 Å². The number of rotatable bonds is 2. The zero-order chi connectivity index (χ0) is 10.8. The molecule has 78 valence electrons. The van der Waals surface area contributed by atoms with Gasteiger partial charge in [-0.15, -0.1) is 11.3 Å². The Hall–Kier alpha value is -0.350. The third kappa shape index (κ3) is 2.26. The lowest BCUT2D eigenvalue weighted by Gasteiger charge is -2.11. The van der Waals surface area contributed by atoms with Crippen molar-refractivity contribution in [3.05, 3.63) is 55.6 Å². The lowest BCUT2D eigenvalue weighted by atomic mass is 10.1. The molecule has 0 aliphatic carbocycles. The molecule has 0 saturated carbocycles. The lowest BCUT2D eigenvalue weighted by Crippen LogP contribution is -1.98. The Bertz CT molecular complexity index is 469. The predicted molar refractivity (Wildman–Crippen MR) is 67.5 cm³/mol. The van der Waals surface area contributed by atoms with Crippen molar-refractivity contribution < 1.29 is 5.11 Å². The Labute approximate surface area is 105 Å². The van der Waals surface area contributed by atoms with E-state index in [-0.39, 0.29) is 0 Å². The summed E-state index contributed by atoms with van der Waals surface area (Å²) in [7, 11) is 0. The van der Waals surface area contributed by atoms with Crippen LogP contribution < -0.4 is 0 Å². The molecule has 0 radical (unpaired) electrons. The third-order valence-corrected chi connectivity index (χ3v) is 4.36. The van der Waals surface area contributed by atoms with Crippen LogP contribution in [0.1, 0.15) is 16.5 Å². The van der Waals surface area contributed by atoms with E-state index in [1.165, 1.54) is 11.3 Å². The Balaban J connectivity index is 2.41. The van der Waals surface area contributed by atoms with Crippen molar-refractivity contribution in [2.24, 2.45) is 0 Å². The molecule has 0 bridgehead atoms. The van der Waals surface area contributed by atoms with Gasteiger partial charge in [0.15, 0.2) is 0 Å². The smallest absolute Gasteiger partial charge is 0.116 e. The molecule has 0 amide bonds. The van der Waals surface area contributed by atoms with E-state index in [2.05, 4.69) is 15.9 Å². The topological polar surface area (TPSA) is 20.2 Å². The van der Waals surface area contributed by atoms with Crippen LogP contribution in [-0.2, 0) is 0 Å². The molecule has 1 unspecified atom stereocenters. The second-order valence-electron chi connectivity index (χ2n) is 3.06. The summed E-state index contributed by atoms with van der Waals surface area (Å²) in [5.41, 5.74) is 0.738. The average Bonchev–Trinajstić information content (AvgIpc) is 2.64. The molecule has 0 aliphatic rings. The van der Waals surface area contributed by atoms with Gasteiger partial charge in [-0.3, -0.25) is 0 Å². The summed E-state index contributed by atoms with van der Waals surface area (Å²) < 4.78 is 0.917. The van der Waals surface area contributed by atoms with Gasteiger partial charge in [-0.1, -0.05) is 29.8 Å². The minimum Gasteiger partial charge on any atom is -0.383 e. The molecule has 2 rings (SSSR count). The fraction of sp³-hybridized carbons (Fsp3) is 0.0909. The van der Waals surface area contributed by atoms with E-state index in [0.29, 0.717) is 5.02 Å². The van der Waals surface area contributed by atoms with E-state index in [4.69, 9.17) is 11.6 Å². The highest BCUT2D eigenvalue weighted by Crippen LogP contribution is 2.35. The Morgan fingerprint density at radius 1 is 1.27 bits per heavy atom. The van der Waals surface area contributed by atoms with Crippen molar-refractivity contribution in [1.82, 2.24) is 0 Å². The molecular weight excluding hydrogens is 296 g/mol. The average molecular weight is 304 g/mol. The zero-order valence-corrected chi connectivity index (χ0v) is 10.8. The minimum absolute atomic E-state index is 0.588. The van der Waals surface area contributed by atoms with Crippen molar-refractivity contribution in [3.8, 4) is 0 Å². The lowest BCUT2D eigenvalue weighted by molar-refractivity contribution is 0.223. The molecular formula is C11H8BrClOS. The Morgan fingerprint density at radius 2 is 2.00 bits per heavy atom. The number of thiophene rings is 1. The molecule has 1 heterocycles. The van der Waals surface area contributed by atoms with E-state index in [1.807, 2.05) is 29.6 Å². The van der Waals surface area contributed by atoms with Gasteiger partial charge in [-0.25, -0.2) is 0 Å². The highest BCUT2D eigenvalue weighted by Gasteiger charge is 2.17. The molecule has 0 saturated heterocycles. The maximum atomic E-state index is 10.1. The van der Waals surface area contributed by atoms with Crippen LogP contribution in [0.25, 0.3) is 0 Å². The molecule has 1 aromatic carbocycles. The van der Waals surface area contributed by atoms with Gasteiger partial charge in [0.05, 0.1) is 4.88 Å². The predicted octanol–water partition coefficient (Wildman–Crippen LogP) is 4.25. The normalized spacial score (nSPS) is 12.7. The fourth-order valence-corrected chi connectivity index (χ4v) is 3.17. The summed E-state index contributed by atoms with van der Waals surface area (Å²) in [6, 6.07) is 9.24. The van der Waals surface area contributed by atoms with Crippen molar-refractivity contribution in [2.45, 2.75) is 6.10 Å². The van der Waals surface area contributed by atoms with Crippen LogP contribution in [0, 0.1) is 0 Å². The number of aliphatic hydroxyl groups excluding tert-OH is 1. The Morgan fingerprint density at radius 3 is 2.60 bits per heavy atom. The first-order valence-electron chi connectivity index (χ1n) is 4.35. The van der Waals surface area contributed by atoms with Crippen LogP contribution in [0.2, 0.25) is 5.02 Å². The number of halogens is 2.